The predicted octanol–water partition coefficient (Wildman–Crippen LogP) is 2.26. The van der Waals surface area contributed by atoms with Crippen molar-refractivity contribution in [2.75, 3.05) is 4.72 Å². The van der Waals surface area contributed by atoms with Gasteiger partial charge in [-0.15, -0.1) is 5.10 Å². The van der Waals surface area contributed by atoms with Crippen molar-refractivity contribution >= 4 is 27.5 Å². The van der Waals surface area contributed by atoms with Crippen LogP contribution in [0.4, 0.5) is 18.9 Å². The van der Waals surface area contributed by atoms with Crippen molar-refractivity contribution in [3.05, 3.63) is 46.8 Å². The lowest BCUT2D eigenvalue weighted by Crippen LogP contribution is -2.21. The molecule has 2 heterocycles. The Morgan fingerprint density at radius 3 is 2.50 bits per heavy atom. The molecule has 3 rings (SSSR count). The first-order valence-corrected chi connectivity index (χ1v) is 9.06. The fourth-order valence-electron chi connectivity index (χ4n) is 2.52. The first kappa shape index (κ1) is 19.5. The number of para-hydroxylation sites is 1. The molecule has 2 N–H and O–H groups in total. The Labute approximate surface area is 155 Å². The number of nitrogens with zero attached hydrogens (tertiary/aromatic N) is 4. The van der Waals surface area contributed by atoms with Gasteiger partial charge < -0.3 is 5.11 Å². The second-order valence-corrected chi connectivity index (χ2v) is 7.36. The van der Waals surface area contributed by atoms with Crippen molar-refractivity contribution in [1.82, 2.24) is 19.6 Å². The molecule has 0 fully saturated rings. The van der Waals surface area contributed by atoms with Gasteiger partial charge in [-0.1, -0.05) is 6.07 Å². The molecular formula is C15H12F3N5O4S. The number of alkyl halides is 3. The summed E-state index contributed by atoms with van der Waals surface area (Å²) in [7, 11) is -4.74. The Balaban J connectivity index is 2.16. The van der Waals surface area contributed by atoms with Crippen LogP contribution in [0.1, 0.15) is 27.3 Å². The van der Waals surface area contributed by atoms with Crippen LogP contribution >= 0.6 is 0 Å². The molecule has 9 nitrogen and oxygen atoms in total. The SMILES string of the molecule is Cc1cc(C)n2nc(S(=O)(=O)Nc3c(C(=O)O)cccc3C(F)(F)F)nc2n1. The lowest BCUT2D eigenvalue weighted by Gasteiger charge is -2.15. The van der Waals surface area contributed by atoms with Crippen LogP contribution in [0.3, 0.4) is 0 Å². The number of nitrogens with one attached hydrogen (secondary N) is 1. The number of benzene rings is 1. The Morgan fingerprint density at radius 1 is 1.21 bits per heavy atom. The average molecular weight is 415 g/mol. The number of halogens is 3. The highest BCUT2D eigenvalue weighted by Gasteiger charge is 2.37. The number of hydrogen-bond donors (Lipinski definition) is 2. The van der Waals surface area contributed by atoms with Gasteiger partial charge in [0.15, 0.2) is 0 Å². The van der Waals surface area contributed by atoms with Crippen LogP contribution in [0, 0.1) is 13.8 Å². The summed E-state index contributed by atoms with van der Waals surface area (Å²) in [5.74, 6) is -1.81. The molecule has 0 unspecified atom stereocenters. The molecule has 0 radical (unpaired) electrons. The lowest BCUT2D eigenvalue weighted by atomic mass is 10.1. The monoisotopic (exact) mass is 415 g/mol. The highest BCUT2D eigenvalue weighted by Crippen LogP contribution is 2.37. The van der Waals surface area contributed by atoms with Crippen molar-refractivity contribution in [2.45, 2.75) is 25.2 Å². The van der Waals surface area contributed by atoms with Gasteiger partial charge in [-0.05, 0) is 32.0 Å². The zero-order valence-electron chi connectivity index (χ0n) is 14.3. The minimum atomic E-state index is -5.00. The maximum Gasteiger partial charge on any atom is 0.418 e. The zero-order valence-corrected chi connectivity index (χ0v) is 15.1. The van der Waals surface area contributed by atoms with Gasteiger partial charge in [-0.2, -0.15) is 26.6 Å². The molecular weight excluding hydrogens is 403 g/mol. The minimum absolute atomic E-state index is 0.0690. The number of aromatic carboxylic acids is 1. The van der Waals surface area contributed by atoms with Crippen LogP contribution < -0.4 is 4.72 Å². The standard InChI is InChI=1S/C15H12F3N5O4S/c1-7-6-8(2)23-13(19-7)20-14(21-23)28(26,27)22-11-9(12(24)25)4-3-5-10(11)15(16,17)18/h3-6,22H,1-2H3,(H,24,25). The summed E-state index contributed by atoms with van der Waals surface area (Å²) in [6.45, 7) is 3.26. The number of carboxylic acids is 1. The summed E-state index contributed by atoms with van der Waals surface area (Å²) in [5, 5.41) is 12.1. The van der Waals surface area contributed by atoms with E-state index in [4.69, 9.17) is 5.11 Å². The molecule has 2 aromatic heterocycles. The van der Waals surface area contributed by atoms with E-state index in [2.05, 4.69) is 15.1 Å². The Kier molecular flexibility index (Phi) is 4.49. The quantitative estimate of drug-likeness (QED) is 0.669. The van der Waals surface area contributed by atoms with Gasteiger partial charge in [-0.3, -0.25) is 4.72 Å². The number of aryl methyl sites for hydroxylation is 2. The maximum absolute atomic E-state index is 13.3. The van der Waals surface area contributed by atoms with E-state index in [1.165, 1.54) is 0 Å². The molecule has 0 aliphatic carbocycles. The fourth-order valence-corrected chi connectivity index (χ4v) is 3.49. The van der Waals surface area contributed by atoms with E-state index >= 15 is 0 Å². The van der Waals surface area contributed by atoms with Crippen molar-refractivity contribution in [2.24, 2.45) is 0 Å². The molecule has 0 saturated heterocycles. The number of hydrogen-bond acceptors (Lipinski definition) is 6. The van der Waals surface area contributed by atoms with Gasteiger partial charge in [0.1, 0.15) is 0 Å². The molecule has 0 aliphatic rings. The summed E-state index contributed by atoms with van der Waals surface area (Å²) in [4.78, 5) is 19.0. The maximum atomic E-state index is 13.3. The molecule has 0 aliphatic heterocycles. The molecule has 13 heteroatoms. The highest BCUT2D eigenvalue weighted by molar-refractivity contribution is 7.92. The number of fused-ring (bicyclic) bond motifs is 1. The van der Waals surface area contributed by atoms with Crippen LogP contribution in [-0.2, 0) is 16.2 Å². The lowest BCUT2D eigenvalue weighted by molar-refractivity contribution is -0.136. The van der Waals surface area contributed by atoms with Crippen molar-refractivity contribution < 1.29 is 31.5 Å². The topological polar surface area (TPSA) is 127 Å². The van der Waals surface area contributed by atoms with Gasteiger partial charge in [0.05, 0.1) is 16.8 Å². The zero-order chi connectivity index (χ0) is 20.9. The number of rotatable bonds is 4. The predicted molar refractivity (Wildman–Crippen MR) is 89.5 cm³/mol. The number of aromatic nitrogens is 4. The van der Waals surface area contributed by atoms with Crippen LogP contribution in [0.25, 0.3) is 5.78 Å². The fraction of sp³-hybridized carbons (Fsp3) is 0.200. The summed E-state index contributed by atoms with van der Waals surface area (Å²) in [6.07, 6.45) is -5.00. The molecule has 0 atom stereocenters. The highest BCUT2D eigenvalue weighted by atomic mass is 32.2. The summed E-state index contributed by atoms with van der Waals surface area (Å²) >= 11 is 0. The molecule has 0 bridgehead atoms. The Hall–Kier alpha value is -3.22. The van der Waals surface area contributed by atoms with Gasteiger partial charge in [0, 0.05) is 11.4 Å². The van der Waals surface area contributed by atoms with Gasteiger partial charge in [-0.25, -0.2) is 14.3 Å². The van der Waals surface area contributed by atoms with Crippen molar-refractivity contribution in [1.29, 1.82) is 0 Å². The number of carbonyl (C=O) groups is 1. The van der Waals surface area contributed by atoms with Crippen LogP contribution in [0.5, 0.6) is 0 Å². The molecule has 0 saturated carbocycles. The first-order chi connectivity index (χ1) is 12.9. The van der Waals surface area contributed by atoms with Crippen molar-refractivity contribution in [3.8, 4) is 0 Å². The minimum Gasteiger partial charge on any atom is -0.478 e. The molecule has 0 spiro atoms. The van der Waals surface area contributed by atoms with Crippen LogP contribution in [-0.4, -0.2) is 39.1 Å². The third-order valence-corrected chi connectivity index (χ3v) is 4.80. The van der Waals surface area contributed by atoms with Crippen LogP contribution in [0.15, 0.2) is 29.4 Å². The number of carboxylic acid groups (broad SMARTS) is 1. The molecule has 0 amide bonds. The third-order valence-electron chi connectivity index (χ3n) is 3.68. The molecule has 1 aromatic carbocycles. The molecule has 28 heavy (non-hydrogen) atoms. The van der Waals surface area contributed by atoms with E-state index < -0.39 is 44.1 Å². The largest absolute Gasteiger partial charge is 0.478 e. The average Bonchev–Trinajstić information content (AvgIpc) is 2.98. The molecule has 148 valence electrons. The summed E-state index contributed by atoms with van der Waals surface area (Å²) < 4.78 is 67.7. The normalized spacial score (nSPS) is 12.3. The smallest absolute Gasteiger partial charge is 0.418 e. The van der Waals surface area contributed by atoms with Gasteiger partial charge in [0.2, 0.25) is 0 Å². The van der Waals surface area contributed by atoms with Gasteiger partial charge >= 0.3 is 12.1 Å². The summed E-state index contributed by atoms with van der Waals surface area (Å²) in [6, 6.07) is 3.88. The van der Waals surface area contributed by atoms with E-state index in [-0.39, 0.29) is 5.78 Å². The second kappa shape index (κ2) is 6.44. The van der Waals surface area contributed by atoms with E-state index in [1.807, 2.05) is 0 Å². The molecule has 3 aromatic rings. The van der Waals surface area contributed by atoms with Crippen molar-refractivity contribution in [3.63, 3.8) is 0 Å². The Morgan fingerprint density at radius 2 is 1.89 bits per heavy atom. The first-order valence-electron chi connectivity index (χ1n) is 7.57. The van der Waals surface area contributed by atoms with E-state index in [9.17, 15) is 26.4 Å². The van der Waals surface area contributed by atoms with Gasteiger partial charge in [0.25, 0.3) is 21.0 Å². The van der Waals surface area contributed by atoms with Crippen LogP contribution in [0.2, 0.25) is 0 Å². The third kappa shape index (κ3) is 3.47. The van der Waals surface area contributed by atoms with E-state index in [0.717, 1.165) is 16.6 Å². The van der Waals surface area contributed by atoms with E-state index in [1.54, 1.807) is 24.6 Å². The number of sulfonamides is 1. The second-order valence-electron chi connectivity index (χ2n) is 5.78. The van der Waals surface area contributed by atoms with E-state index in [0.29, 0.717) is 17.5 Å². The number of anilines is 1. The summed E-state index contributed by atoms with van der Waals surface area (Å²) in [5.41, 5.74) is -2.41. The Bertz CT molecular complexity index is 1200.